The van der Waals surface area contributed by atoms with E-state index in [0.717, 1.165) is 0 Å². The first-order chi connectivity index (χ1) is 5.63. The summed E-state index contributed by atoms with van der Waals surface area (Å²) in [6.45, 7) is -0.227. The van der Waals surface area contributed by atoms with Crippen LogP contribution in [0, 0.1) is 0 Å². The molecule has 0 radical (unpaired) electrons. The Morgan fingerprint density at radius 3 is 1.58 bits per heavy atom. The van der Waals surface area contributed by atoms with Gasteiger partial charge in [-0.2, -0.15) is 0 Å². The second-order valence-corrected chi connectivity index (χ2v) is 2.92. The van der Waals surface area contributed by atoms with Gasteiger partial charge in [0.05, 0.1) is 0 Å². The molecule has 0 aromatic heterocycles. The number of hydrogen-bond acceptors (Lipinski definition) is 6. The minimum atomic E-state index is -2.85. The summed E-state index contributed by atoms with van der Waals surface area (Å²) < 4.78 is 27.8. The van der Waals surface area contributed by atoms with Crippen molar-refractivity contribution in [3.8, 4) is 0 Å². The van der Waals surface area contributed by atoms with Gasteiger partial charge in [0.2, 0.25) is 0 Å². The van der Waals surface area contributed by atoms with Crippen molar-refractivity contribution in [1.82, 2.24) is 0 Å². The Hall–Kier alpha value is -0.220. The van der Waals surface area contributed by atoms with Crippen LogP contribution >= 0.6 is 16.5 Å². The van der Waals surface area contributed by atoms with Gasteiger partial charge in [0, 0.05) is 0 Å². The fourth-order valence-electron chi connectivity index (χ4n) is 0.344. The van der Waals surface area contributed by atoms with Gasteiger partial charge in [-0.3, -0.25) is 0 Å². The van der Waals surface area contributed by atoms with Gasteiger partial charge in [-0.15, -0.1) is 9.05 Å². The Labute approximate surface area is 70.7 Å². The van der Waals surface area contributed by atoms with Gasteiger partial charge < -0.3 is 9.79 Å². The smallest absolute Gasteiger partial charge is 0.488 e. The van der Waals surface area contributed by atoms with Crippen LogP contribution in [0.3, 0.4) is 0 Å². The first-order valence-electron chi connectivity index (χ1n) is 2.82. The Morgan fingerprint density at radius 1 is 1.00 bits per heavy atom. The molecule has 0 aliphatic rings. The molecule has 0 saturated carbocycles. The molecule has 68 valence electrons. The third kappa shape index (κ3) is 9.78. The summed E-state index contributed by atoms with van der Waals surface area (Å²) in [6, 6.07) is 0. The third-order valence-corrected chi connectivity index (χ3v) is 1.44. The summed E-state index contributed by atoms with van der Waals surface area (Å²) in [6.07, 6.45) is 2.67. The molecule has 0 N–H and O–H groups in total. The zero-order chi connectivity index (χ0) is 9.40. The molecule has 0 bridgehead atoms. The lowest BCUT2D eigenvalue weighted by Crippen LogP contribution is -1.93. The van der Waals surface area contributed by atoms with E-state index in [1.54, 1.807) is 0 Å². The zero-order valence-electron chi connectivity index (χ0n) is 5.91. The Balaban J connectivity index is 3.26. The van der Waals surface area contributed by atoms with Gasteiger partial charge in [0.15, 0.2) is 0 Å². The van der Waals surface area contributed by atoms with Gasteiger partial charge in [-0.25, -0.2) is 0 Å². The van der Waals surface area contributed by atoms with Gasteiger partial charge in [0.1, 0.15) is 13.2 Å². The molecule has 2 unspecified atom stereocenters. The summed E-state index contributed by atoms with van der Waals surface area (Å²) in [5, 5.41) is 0. The summed E-state index contributed by atoms with van der Waals surface area (Å²) >= 11 is 0. The number of rotatable bonds is 6. The quantitative estimate of drug-likeness (QED) is 0.439. The topological polar surface area (TPSA) is 98.7 Å². The fraction of sp³-hybridized carbons (Fsp3) is 0.500. The fourth-order valence-corrected chi connectivity index (χ4v) is 0.759. The van der Waals surface area contributed by atoms with E-state index < -0.39 is 16.5 Å². The first kappa shape index (κ1) is 11.8. The van der Waals surface area contributed by atoms with E-state index in [1.165, 1.54) is 12.2 Å². The van der Waals surface area contributed by atoms with Crippen LogP contribution in [-0.2, 0) is 18.2 Å². The molecular formula is C4H6O6P2. The molecule has 0 aromatic rings. The van der Waals surface area contributed by atoms with Gasteiger partial charge in [-0.1, -0.05) is 12.2 Å². The van der Waals surface area contributed by atoms with Gasteiger partial charge in [-0.05, 0) is 9.13 Å². The van der Waals surface area contributed by atoms with E-state index in [9.17, 15) is 18.9 Å². The van der Waals surface area contributed by atoms with Crippen molar-refractivity contribution < 1.29 is 28.0 Å². The second kappa shape index (κ2) is 7.43. The summed E-state index contributed by atoms with van der Waals surface area (Å²) in [7, 11) is -5.69. The van der Waals surface area contributed by atoms with Gasteiger partial charge >= 0.3 is 16.5 Å². The van der Waals surface area contributed by atoms with Crippen LogP contribution in [0.25, 0.3) is 0 Å². The maximum absolute atomic E-state index is 9.79. The largest absolute Gasteiger partial charge is 0.566 e. The lowest BCUT2D eigenvalue weighted by atomic mass is 10.5. The Bertz CT molecular complexity index is 170. The number of hydrogen-bond donors (Lipinski definition) is 0. The highest BCUT2D eigenvalue weighted by Gasteiger charge is 1.98. The standard InChI is InChI=1S/C4H6O6P2/c5-11(6)9-3-1-2-4-10-12(7)8/h1-2H,3-4H2/b2-1+. The van der Waals surface area contributed by atoms with Crippen molar-refractivity contribution >= 4 is 16.5 Å². The molecule has 8 heteroatoms. The average Bonchev–Trinajstić information content (AvgIpc) is 1.95. The SMILES string of the molecule is O=[P+]([O-])OC/C=C/CO[P+](=O)[O-]. The maximum atomic E-state index is 9.79. The molecule has 12 heavy (non-hydrogen) atoms. The minimum Gasteiger partial charge on any atom is -0.566 e. The molecule has 0 aromatic carbocycles. The summed E-state index contributed by atoms with van der Waals surface area (Å²) in [4.78, 5) is 19.6. The van der Waals surface area contributed by atoms with E-state index in [4.69, 9.17) is 0 Å². The Kier molecular flexibility index (Phi) is 7.29. The lowest BCUT2D eigenvalue weighted by molar-refractivity contribution is -0.186. The molecule has 0 aliphatic carbocycles. The highest BCUT2D eigenvalue weighted by atomic mass is 31.1. The van der Waals surface area contributed by atoms with E-state index in [2.05, 4.69) is 9.05 Å². The van der Waals surface area contributed by atoms with Crippen LogP contribution < -0.4 is 9.79 Å². The van der Waals surface area contributed by atoms with Crippen LogP contribution in [0.2, 0.25) is 0 Å². The normalized spacial score (nSPS) is 13.5. The molecule has 0 amide bonds. The van der Waals surface area contributed by atoms with E-state index in [1.807, 2.05) is 0 Å². The van der Waals surface area contributed by atoms with E-state index in [-0.39, 0.29) is 13.2 Å². The van der Waals surface area contributed by atoms with Crippen molar-refractivity contribution in [3.63, 3.8) is 0 Å². The molecule has 0 fully saturated rings. The average molecular weight is 212 g/mol. The monoisotopic (exact) mass is 212 g/mol. The zero-order valence-corrected chi connectivity index (χ0v) is 7.70. The van der Waals surface area contributed by atoms with Crippen molar-refractivity contribution in [1.29, 1.82) is 0 Å². The Morgan fingerprint density at radius 2 is 1.33 bits per heavy atom. The van der Waals surface area contributed by atoms with Crippen LogP contribution in [0.4, 0.5) is 0 Å². The molecular weight excluding hydrogens is 206 g/mol. The predicted octanol–water partition coefficient (Wildman–Crippen LogP) is -0.389. The highest BCUT2D eigenvalue weighted by Crippen LogP contribution is 2.09. The second-order valence-electron chi connectivity index (χ2n) is 1.51. The maximum Gasteiger partial charge on any atom is 0.488 e. The van der Waals surface area contributed by atoms with Crippen LogP contribution in [0.15, 0.2) is 12.2 Å². The molecule has 2 atom stereocenters. The molecule has 6 nitrogen and oxygen atoms in total. The van der Waals surface area contributed by atoms with Crippen molar-refractivity contribution in [3.05, 3.63) is 12.2 Å². The van der Waals surface area contributed by atoms with Crippen LogP contribution in [-0.4, -0.2) is 13.2 Å². The first-order valence-corrected chi connectivity index (χ1v) is 5.01. The van der Waals surface area contributed by atoms with Crippen LogP contribution in [0.5, 0.6) is 0 Å². The minimum absolute atomic E-state index is 0.113. The highest BCUT2D eigenvalue weighted by molar-refractivity contribution is 7.30. The summed E-state index contributed by atoms with van der Waals surface area (Å²) in [5.41, 5.74) is 0. The molecule has 0 heterocycles. The lowest BCUT2D eigenvalue weighted by Gasteiger charge is -1.86. The molecule has 0 rings (SSSR count). The van der Waals surface area contributed by atoms with Crippen molar-refractivity contribution in [2.75, 3.05) is 13.2 Å². The molecule has 0 aliphatic heterocycles. The summed E-state index contributed by atoms with van der Waals surface area (Å²) in [5.74, 6) is 0. The third-order valence-electron chi connectivity index (χ3n) is 0.719. The van der Waals surface area contributed by atoms with E-state index >= 15 is 0 Å². The van der Waals surface area contributed by atoms with Crippen molar-refractivity contribution in [2.24, 2.45) is 0 Å². The van der Waals surface area contributed by atoms with E-state index in [0.29, 0.717) is 0 Å². The van der Waals surface area contributed by atoms with Crippen LogP contribution in [0.1, 0.15) is 0 Å². The molecule has 0 saturated heterocycles. The van der Waals surface area contributed by atoms with Crippen molar-refractivity contribution in [2.45, 2.75) is 0 Å². The molecule has 0 spiro atoms. The predicted molar refractivity (Wildman–Crippen MR) is 36.3 cm³/mol. The van der Waals surface area contributed by atoms with Gasteiger partial charge in [0.25, 0.3) is 0 Å².